The van der Waals surface area contributed by atoms with Gasteiger partial charge in [-0.2, -0.15) is 0 Å². The normalized spacial score (nSPS) is 18.5. The Labute approximate surface area is 260 Å². The SMILES string of the molecule is CCOC(=O)C1CCC(NC(=O)c2c(C)c(-c3ccccc3)nc3ccc(Br)cc23)C(Oc2ccccc2OC(F)(F)F)C1. The number of fused-ring (bicyclic) bond motifs is 1. The predicted octanol–water partition coefficient (Wildman–Crippen LogP) is 7.78. The zero-order valence-electron chi connectivity index (χ0n) is 24.0. The highest BCUT2D eigenvalue weighted by Gasteiger charge is 2.39. The van der Waals surface area contributed by atoms with E-state index >= 15 is 0 Å². The summed E-state index contributed by atoms with van der Waals surface area (Å²) in [5, 5.41) is 3.71. The number of ether oxygens (including phenoxy) is 3. The molecule has 0 radical (unpaired) electrons. The summed E-state index contributed by atoms with van der Waals surface area (Å²) in [6.45, 7) is 3.73. The lowest BCUT2D eigenvalue weighted by Gasteiger charge is -2.36. The van der Waals surface area contributed by atoms with Crippen molar-refractivity contribution in [2.75, 3.05) is 6.61 Å². The zero-order valence-corrected chi connectivity index (χ0v) is 25.6. The summed E-state index contributed by atoms with van der Waals surface area (Å²) < 4.78 is 55.7. The Morgan fingerprint density at radius 2 is 1.70 bits per heavy atom. The Morgan fingerprint density at radius 1 is 1.00 bits per heavy atom. The lowest BCUT2D eigenvalue weighted by atomic mass is 9.83. The number of para-hydroxylation sites is 2. The summed E-state index contributed by atoms with van der Waals surface area (Å²) in [4.78, 5) is 31.6. The fourth-order valence-corrected chi connectivity index (χ4v) is 5.92. The van der Waals surface area contributed by atoms with Crippen LogP contribution in [0.25, 0.3) is 22.2 Å². The number of nitrogens with one attached hydrogen (secondary N) is 1. The average molecular weight is 672 g/mol. The van der Waals surface area contributed by atoms with Crippen LogP contribution in [0.15, 0.2) is 77.3 Å². The first kappa shape index (κ1) is 31.3. The van der Waals surface area contributed by atoms with Gasteiger partial charge in [0.25, 0.3) is 5.91 Å². The summed E-state index contributed by atoms with van der Waals surface area (Å²) in [5.74, 6) is -2.03. The van der Waals surface area contributed by atoms with Gasteiger partial charge in [-0.15, -0.1) is 13.2 Å². The molecule has 1 N–H and O–H groups in total. The number of esters is 1. The molecule has 1 saturated carbocycles. The Hall–Kier alpha value is -4.12. The van der Waals surface area contributed by atoms with Crippen LogP contribution in [-0.2, 0) is 9.53 Å². The van der Waals surface area contributed by atoms with Crippen LogP contribution in [-0.4, -0.2) is 42.0 Å². The van der Waals surface area contributed by atoms with Gasteiger partial charge in [0.15, 0.2) is 11.5 Å². The number of rotatable bonds is 8. The molecule has 3 aromatic carbocycles. The van der Waals surface area contributed by atoms with Crippen molar-refractivity contribution in [3.63, 3.8) is 0 Å². The molecule has 1 aliphatic carbocycles. The molecular formula is C33H30BrF3N2O5. The van der Waals surface area contributed by atoms with E-state index in [1.807, 2.05) is 55.5 Å². The van der Waals surface area contributed by atoms with Crippen molar-refractivity contribution in [1.82, 2.24) is 10.3 Å². The van der Waals surface area contributed by atoms with Gasteiger partial charge in [0, 0.05) is 15.4 Å². The molecule has 0 bridgehead atoms. The number of carbonyl (C=O) groups is 2. The van der Waals surface area contributed by atoms with E-state index in [9.17, 15) is 22.8 Å². The number of alkyl halides is 3. The number of pyridine rings is 1. The molecule has 4 aromatic rings. The van der Waals surface area contributed by atoms with Crippen molar-refractivity contribution in [3.05, 3.63) is 88.4 Å². The van der Waals surface area contributed by atoms with Crippen molar-refractivity contribution in [2.45, 2.75) is 51.6 Å². The standard InChI is InChI=1S/C33H30BrF3N2O5/c1-3-42-32(41)21-13-15-25(28(17-21)43-26-11-7-8-12-27(26)44-33(35,36)37)39-31(40)29-19(2)30(20-9-5-4-6-10-20)38-24-16-14-22(34)18-23(24)29/h4-12,14,16,18,21,25,28H,3,13,15,17H2,1-2H3,(H,39,40). The van der Waals surface area contributed by atoms with Crippen LogP contribution in [0.3, 0.4) is 0 Å². The second-order valence-corrected chi connectivity index (χ2v) is 11.4. The quantitative estimate of drug-likeness (QED) is 0.193. The third-order valence-corrected chi connectivity index (χ3v) is 8.04. The summed E-state index contributed by atoms with van der Waals surface area (Å²) in [5.41, 5.74) is 3.21. The molecular weight excluding hydrogens is 641 g/mol. The number of nitrogens with zero attached hydrogens (tertiary/aromatic N) is 1. The number of aromatic nitrogens is 1. The fraction of sp³-hybridized carbons (Fsp3) is 0.303. The second kappa shape index (κ2) is 13.3. The van der Waals surface area contributed by atoms with E-state index in [2.05, 4.69) is 26.0 Å². The van der Waals surface area contributed by atoms with Crippen molar-refractivity contribution >= 4 is 38.7 Å². The molecule has 230 valence electrons. The molecule has 0 aliphatic heterocycles. The van der Waals surface area contributed by atoms with Crippen LogP contribution in [0.2, 0.25) is 0 Å². The molecule has 44 heavy (non-hydrogen) atoms. The van der Waals surface area contributed by atoms with Crippen LogP contribution in [0, 0.1) is 12.8 Å². The first-order valence-corrected chi connectivity index (χ1v) is 15.0. The van der Waals surface area contributed by atoms with E-state index in [1.54, 1.807) is 6.92 Å². The number of hydrogen-bond acceptors (Lipinski definition) is 6. The first-order valence-electron chi connectivity index (χ1n) is 14.2. The smallest absolute Gasteiger partial charge is 0.484 e. The van der Waals surface area contributed by atoms with Crippen LogP contribution >= 0.6 is 15.9 Å². The van der Waals surface area contributed by atoms with Crippen molar-refractivity contribution in [2.24, 2.45) is 5.92 Å². The number of carbonyl (C=O) groups excluding carboxylic acids is 2. The molecule has 3 atom stereocenters. The molecule has 1 aromatic heterocycles. The van der Waals surface area contributed by atoms with Crippen molar-refractivity contribution in [1.29, 1.82) is 0 Å². The summed E-state index contributed by atoms with van der Waals surface area (Å²) in [6, 6.07) is 19.8. The Bertz CT molecular complexity index is 1670. The van der Waals surface area contributed by atoms with Gasteiger partial charge in [-0.1, -0.05) is 58.4 Å². The predicted molar refractivity (Wildman–Crippen MR) is 162 cm³/mol. The minimum atomic E-state index is -4.93. The molecule has 1 heterocycles. The first-order chi connectivity index (χ1) is 21.0. The largest absolute Gasteiger partial charge is 0.573 e. The van der Waals surface area contributed by atoms with Gasteiger partial charge >= 0.3 is 12.3 Å². The maximum atomic E-state index is 14.1. The van der Waals surface area contributed by atoms with Gasteiger partial charge in [0.1, 0.15) is 6.10 Å². The fourth-order valence-electron chi connectivity index (χ4n) is 5.56. The third-order valence-electron chi connectivity index (χ3n) is 7.55. The average Bonchev–Trinajstić information content (AvgIpc) is 2.98. The molecule has 1 amide bonds. The van der Waals surface area contributed by atoms with Gasteiger partial charge in [-0.25, -0.2) is 4.98 Å². The number of benzene rings is 3. The highest BCUT2D eigenvalue weighted by molar-refractivity contribution is 9.10. The van der Waals surface area contributed by atoms with E-state index in [-0.39, 0.29) is 18.8 Å². The van der Waals surface area contributed by atoms with E-state index in [0.29, 0.717) is 40.6 Å². The third kappa shape index (κ3) is 7.15. The number of hydrogen-bond donors (Lipinski definition) is 1. The van der Waals surface area contributed by atoms with Gasteiger partial charge in [0.05, 0.1) is 35.3 Å². The van der Waals surface area contributed by atoms with Gasteiger partial charge in [0.2, 0.25) is 0 Å². The lowest BCUT2D eigenvalue weighted by Crippen LogP contribution is -2.50. The van der Waals surface area contributed by atoms with Crippen LogP contribution in [0.1, 0.15) is 42.1 Å². The van der Waals surface area contributed by atoms with E-state index in [1.165, 1.54) is 18.2 Å². The molecule has 0 saturated heterocycles. The molecule has 11 heteroatoms. The maximum absolute atomic E-state index is 14.1. The molecule has 0 spiro atoms. The molecule has 7 nitrogen and oxygen atoms in total. The Kier molecular flexibility index (Phi) is 9.43. The molecule has 3 unspecified atom stereocenters. The van der Waals surface area contributed by atoms with E-state index in [4.69, 9.17) is 14.5 Å². The van der Waals surface area contributed by atoms with Gasteiger partial charge in [-0.3, -0.25) is 9.59 Å². The Morgan fingerprint density at radius 3 is 2.41 bits per heavy atom. The van der Waals surface area contributed by atoms with Crippen LogP contribution < -0.4 is 14.8 Å². The maximum Gasteiger partial charge on any atom is 0.573 e. The number of halogens is 4. The Balaban J connectivity index is 1.51. The number of amides is 1. The second-order valence-electron chi connectivity index (χ2n) is 10.5. The highest BCUT2D eigenvalue weighted by Crippen LogP contribution is 2.37. The van der Waals surface area contributed by atoms with E-state index in [0.717, 1.165) is 16.1 Å². The summed E-state index contributed by atoms with van der Waals surface area (Å²) in [7, 11) is 0. The summed E-state index contributed by atoms with van der Waals surface area (Å²) in [6.07, 6.45) is -4.92. The zero-order chi connectivity index (χ0) is 31.4. The molecule has 5 rings (SSSR count). The summed E-state index contributed by atoms with van der Waals surface area (Å²) >= 11 is 3.49. The van der Waals surface area contributed by atoms with Gasteiger partial charge < -0.3 is 19.5 Å². The molecule has 1 fully saturated rings. The van der Waals surface area contributed by atoms with E-state index < -0.39 is 42.1 Å². The van der Waals surface area contributed by atoms with Crippen molar-refractivity contribution in [3.8, 4) is 22.8 Å². The topological polar surface area (TPSA) is 86.8 Å². The van der Waals surface area contributed by atoms with Crippen molar-refractivity contribution < 1.29 is 37.0 Å². The monoisotopic (exact) mass is 670 g/mol. The minimum absolute atomic E-state index is 0.126. The van der Waals surface area contributed by atoms with Crippen LogP contribution in [0.5, 0.6) is 11.5 Å². The highest BCUT2D eigenvalue weighted by atomic mass is 79.9. The van der Waals surface area contributed by atoms with Crippen LogP contribution in [0.4, 0.5) is 13.2 Å². The lowest BCUT2D eigenvalue weighted by molar-refractivity contribution is -0.275. The molecule has 1 aliphatic rings. The van der Waals surface area contributed by atoms with Gasteiger partial charge in [-0.05, 0) is 69.0 Å². The minimum Gasteiger partial charge on any atom is -0.484 e.